The van der Waals surface area contributed by atoms with Crippen LogP contribution in [-0.4, -0.2) is 29.1 Å². The maximum Gasteiger partial charge on any atom is 0.303 e. The molecule has 5 heteroatoms. The number of hydrogen-bond donors (Lipinski definition) is 1. The predicted molar refractivity (Wildman–Crippen MR) is 68.7 cm³/mol. The van der Waals surface area contributed by atoms with E-state index in [1.807, 2.05) is 6.92 Å². The highest BCUT2D eigenvalue weighted by atomic mass is 32.1. The van der Waals surface area contributed by atoms with Crippen LogP contribution in [0.2, 0.25) is 0 Å². The van der Waals surface area contributed by atoms with Crippen LogP contribution in [0, 0.1) is 12.8 Å². The second kappa shape index (κ2) is 5.49. The molecule has 1 aromatic rings. The Kier molecular flexibility index (Phi) is 3.99. The molecule has 0 aromatic carbocycles. The van der Waals surface area contributed by atoms with Gasteiger partial charge in [0.05, 0.1) is 5.69 Å². The van der Waals surface area contributed by atoms with E-state index >= 15 is 0 Å². The fraction of sp³-hybridized carbons (Fsp3) is 0.667. The Morgan fingerprint density at radius 1 is 1.71 bits per heavy atom. The second-order valence-electron chi connectivity index (χ2n) is 4.66. The zero-order valence-electron chi connectivity index (χ0n) is 10.1. The lowest BCUT2D eigenvalue weighted by molar-refractivity contribution is -0.137. The highest BCUT2D eigenvalue weighted by molar-refractivity contribution is 7.13. The van der Waals surface area contributed by atoms with Crippen LogP contribution in [0.25, 0.3) is 0 Å². The summed E-state index contributed by atoms with van der Waals surface area (Å²) in [6.07, 6.45) is 3.36. The molecule has 2 rings (SSSR count). The van der Waals surface area contributed by atoms with Crippen LogP contribution in [-0.2, 0) is 4.79 Å². The maximum absolute atomic E-state index is 10.6. The van der Waals surface area contributed by atoms with Gasteiger partial charge in [-0.05, 0) is 32.1 Å². The van der Waals surface area contributed by atoms with Crippen molar-refractivity contribution in [1.82, 2.24) is 4.98 Å². The molecule has 0 bridgehead atoms. The van der Waals surface area contributed by atoms with Crippen LogP contribution in [0.3, 0.4) is 0 Å². The molecule has 1 aromatic heterocycles. The van der Waals surface area contributed by atoms with Crippen molar-refractivity contribution in [3.63, 3.8) is 0 Å². The molecule has 1 N–H and O–H groups in total. The van der Waals surface area contributed by atoms with Gasteiger partial charge >= 0.3 is 5.97 Å². The molecule has 0 spiro atoms. The molecule has 2 heterocycles. The minimum Gasteiger partial charge on any atom is -0.481 e. The molecule has 1 atom stereocenters. The number of piperidine rings is 1. The quantitative estimate of drug-likeness (QED) is 0.897. The first-order valence-corrected chi connectivity index (χ1v) is 6.92. The number of aromatic nitrogens is 1. The number of rotatable bonds is 4. The van der Waals surface area contributed by atoms with Crippen LogP contribution >= 0.6 is 11.3 Å². The molecule has 0 saturated carbocycles. The summed E-state index contributed by atoms with van der Waals surface area (Å²) in [6.45, 7) is 4.02. The third-order valence-corrected chi connectivity index (χ3v) is 4.18. The summed E-state index contributed by atoms with van der Waals surface area (Å²) in [5, 5.41) is 11.9. The van der Waals surface area contributed by atoms with Crippen molar-refractivity contribution in [2.24, 2.45) is 5.92 Å². The van der Waals surface area contributed by atoms with Gasteiger partial charge in [0.15, 0.2) is 5.13 Å². The van der Waals surface area contributed by atoms with Gasteiger partial charge in [0, 0.05) is 24.9 Å². The van der Waals surface area contributed by atoms with Crippen LogP contribution < -0.4 is 4.90 Å². The van der Waals surface area contributed by atoms with Crippen molar-refractivity contribution < 1.29 is 9.90 Å². The van der Waals surface area contributed by atoms with Crippen LogP contribution in [0.15, 0.2) is 5.38 Å². The van der Waals surface area contributed by atoms with Gasteiger partial charge in [-0.3, -0.25) is 4.79 Å². The molecule has 0 amide bonds. The number of anilines is 1. The first kappa shape index (κ1) is 12.4. The van der Waals surface area contributed by atoms with Gasteiger partial charge < -0.3 is 10.0 Å². The van der Waals surface area contributed by atoms with Crippen molar-refractivity contribution in [2.45, 2.75) is 32.6 Å². The fourth-order valence-electron chi connectivity index (χ4n) is 2.29. The summed E-state index contributed by atoms with van der Waals surface area (Å²) in [4.78, 5) is 17.4. The lowest BCUT2D eigenvalue weighted by Crippen LogP contribution is -2.35. The van der Waals surface area contributed by atoms with E-state index in [9.17, 15) is 4.79 Å². The molecule has 17 heavy (non-hydrogen) atoms. The number of aryl methyl sites for hydroxylation is 1. The molecule has 0 radical (unpaired) electrons. The van der Waals surface area contributed by atoms with E-state index in [4.69, 9.17) is 5.11 Å². The van der Waals surface area contributed by atoms with Crippen LogP contribution in [0.4, 0.5) is 5.13 Å². The van der Waals surface area contributed by atoms with Gasteiger partial charge in [0.1, 0.15) is 0 Å². The molecule has 0 aliphatic carbocycles. The van der Waals surface area contributed by atoms with Crippen LogP contribution in [0.1, 0.15) is 31.4 Å². The Bertz CT molecular complexity index is 392. The van der Waals surface area contributed by atoms with Gasteiger partial charge in [-0.15, -0.1) is 11.3 Å². The zero-order chi connectivity index (χ0) is 12.3. The monoisotopic (exact) mass is 254 g/mol. The van der Waals surface area contributed by atoms with Crippen molar-refractivity contribution in [3.8, 4) is 0 Å². The highest BCUT2D eigenvalue weighted by Crippen LogP contribution is 2.27. The Hall–Kier alpha value is -1.10. The van der Waals surface area contributed by atoms with Gasteiger partial charge in [-0.25, -0.2) is 4.98 Å². The Labute approximate surface area is 105 Å². The van der Waals surface area contributed by atoms with E-state index in [1.54, 1.807) is 11.3 Å². The van der Waals surface area contributed by atoms with E-state index in [0.717, 1.165) is 43.2 Å². The lowest BCUT2D eigenvalue weighted by atomic mass is 9.94. The Morgan fingerprint density at radius 2 is 2.53 bits per heavy atom. The van der Waals surface area contributed by atoms with Crippen molar-refractivity contribution in [1.29, 1.82) is 0 Å². The number of carboxylic acid groups (broad SMARTS) is 1. The van der Waals surface area contributed by atoms with Gasteiger partial charge in [-0.1, -0.05) is 0 Å². The third-order valence-electron chi connectivity index (χ3n) is 3.16. The van der Waals surface area contributed by atoms with Crippen LogP contribution in [0.5, 0.6) is 0 Å². The third kappa shape index (κ3) is 3.43. The topological polar surface area (TPSA) is 53.4 Å². The van der Waals surface area contributed by atoms with Crippen molar-refractivity contribution >= 4 is 22.4 Å². The molecule has 1 fully saturated rings. The molecule has 94 valence electrons. The molecule has 1 unspecified atom stereocenters. The van der Waals surface area contributed by atoms with E-state index < -0.39 is 5.97 Å². The first-order chi connectivity index (χ1) is 8.15. The number of carboxylic acids is 1. The second-order valence-corrected chi connectivity index (χ2v) is 5.49. The highest BCUT2D eigenvalue weighted by Gasteiger charge is 2.22. The van der Waals surface area contributed by atoms with Gasteiger partial charge in [0.25, 0.3) is 0 Å². The molecular formula is C12H18N2O2S. The minimum absolute atomic E-state index is 0.287. The van der Waals surface area contributed by atoms with Crippen molar-refractivity contribution in [3.05, 3.63) is 11.1 Å². The summed E-state index contributed by atoms with van der Waals surface area (Å²) in [6, 6.07) is 0. The van der Waals surface area contributed by atoms with E-state index in [0.29, 0.717) is 5.92 Å². The number of thiazole rings is 1. The van der Waals surface area contributed by atoms with Crippen molar-refractivity contribution in [2.75, 3.05) is 18.0 Å². The summed E-state index contributed by atoms with van der Waals surface area (Å²) in [7, 11) is 0. The van der Waals surface area contributed by atoms with Gasteiger partial charge in [-0.2, -0.15) is 0 Å². The van der Waals surface area contributed by atoms with E-state index in [2.05, 4.69) is 15.3 Å². The molecule has 1 aliphatic heterocycles. The number of hydrogen-bond acceptors (Lipinski definition) is 4. The average molecular weight is 254 g/mol. The van der Waals surface area contributed by atoms with E-state index in [-0.39, 0.29) is 6.42 Å². The minimum atomic E-state index is -0.688. The van der Waals surface area contributed by atoms with E-state index in [1.165, 1.54) is 0 Å². The van der Waals surface area contributed by atoms with Gasteiger partial charge in [0.2, 0.25) is 0 Å². The fourth-order valence-corrected chi connectivity index (χ4v) is 3.13. The SMILES string of the molecule is Cc1csc(N2CCCC(CCC(=O)O)C2)n1. The summed E-state index contributed by atoms with van der Waals surface area (Å²) < 4.78 is 0. The Balaban J connectivity index is 1.90. The molecular weight excluding hydrogens is 236 g/mol. The Morgan fingerprint density at radius 3 is 3.18 bits per heavy atom. The molecule has 1 saturated heterocycles. The summed E-state index contributed by atoms with van der Waals surface area (Å²) in [5.41, 5.74) is 1.07. The normalized spacial score (nSPS) is 20.5. The predicted octanol–water partition coefficient (Wildman–Crippen LogP) is 2.53. The lowest BCUT2D eigenvalue weighted by Gasteiger charge is -2.32. The smallest absolute Gasteiger partial charge is 0.303 e. The number of aliphatic carboxylic acids is 1. The summed E-state index contributed by atoms with van der Waals surface area (Å²) >= 11 is 1.68. The molecule has 4 nitrogen and oxygen atoms in total. The first-order valence-electron chi connectivity index (χ1n) is 6.04. The summed E-state index contributed by atoms with van der Waals surface area (Å²) in [5.74, 6) is -0.184. The zero-order valence-corrected chi connectivity index (χ0v) is 10.9. The number of carbonyl (C=O) groups is 1. The largest absolute Gasteiger partial charge is 0.481 e. The maximum atomic E-state index is 10.6. The standard InChI is InChI=1S/C12H18N2O2S/c1-9-8-17-12(13-9)14-6-2-3-10(7-14)4-5-11(15)16/h8,10H,2-7H2,1H3,(H,15,16). The average Bonchev–Trinajstić information content (AvgIpc) is 2.74. The molecule has 1 aliphatic rings. The number of nitrogens with zero attached hydrogens (tertiary/aromatic N) is 2.